The summed E-state index contributed by atoms with van der Waals surface area (Å²) in [5.74, 6) is -3.32. The molecule has 0 unspecified atom stereocenters. The summed E-state index contributed by atoms with van der Waals surface area (Å²) in [5.41, 5.74) is -0.698. The van der Waals surface area contributed by atoms with E-state index in [1.54, 1.807) is 6.92 Å². The maximum Gasteiger partial charge on any atom is 0.351 e. The minimum atomic E-state index is -4.51. The van der Waals surface area contributed by atoms with Gasteiger partial charge in [0.25, 0.3) is 5.92 Å². The average molecular weight is 436 g/mol. The number of aromatic nitrogens is 4. The minimum absolute atomic E-state index is 0. The summed E-state index contributed by atoms with van der Waals surface area (Å²) in [6.45, 7) is 0.913. The van der Waals surface area contributed by atoms with Crippen LogP contribution in [0.25, 0.3) is 11.2 Å². The van der Waals surface area contributed by atoms with Gasteiger partial charge in [0, 0.05) is 50.2 Å². The second-order valence-corrected chi connectivity index (χ2v) is 7.18. The van der Waals surface area contributed by atoms with Crippen LogP contribution in [-0.2, 0) is 48.6 Å². The fourth-order valence-electron chi connectivity index (χ4n) is 2.36. The Morgan fingerprint density at radius 3 is 2.71 bits per heavy atom. The second-order valence-electron chi connectivity index (χ2n) is 5.59. The van der Waals surface area contributed by atoms with Crippen LogP contribution in [-0.4, -0.2) is 47.2 Å². The molecule has 0 aromatic carbocycles. The van der Waals surface area contributed by atoms with Gasteiger partial charge in [0.1, 0.15) is 11.9 Å². The summed E-state index contributed by atoms with van der Waals surface area (Å²) in [6, 6.07) is 0. The summed E-state index contributed by atoms with van der Waals surface area (Å²) in [7, 11) is -4.51. The van der Waals surface area contributed by atoms with Crippen molar-refractivity contribution in [2.24, 2.45) is 0 Å². The normalized spacial score (nSPS) is 16.9. The number of rotatable bonds is 6. The quantitative estimate of drug-likeness (QED) is 0.518. The smallest absolute Gasteiger partial charge is 0.351 e. The van der Waals surface area contributed by atoms with Gasteiger partial charge in [-0.1, -0.05) is 6.92 Å². The molecule has 0 aliphatic heterocycles. The van der Waals surface area contributed by atoms with Crippen LogP contribution in [0.5, 0.6) is 0 Å². The minimum Gasteiger partial charge on any atom is -0.369 e. The van der Waals surface area contributed by atoms with Gasteiger partial charge in [0.15, 0.2) is 0 Å². The predicted molar refractivity (Wildman–Crippen MR) is 73.8 cm³/mol. The number of imidazole rings is 1. The molecule has 1 aliphatic rings. The first-order valence-corrected chi connectivity index (χ1v) is 8.55. The number of halogens is 2. The SMILES string of the molecule is Cc1n[c-]nc2c1ncn2CC(F)(F)C1(OCP(=O)(O)O)CC1.[Y]. The van der Waals surface area contributed by atoms with Crippen molar-refractivity contribution in [1.29, 1.82) is 0 Å². The Morgan fingerprint density at radius 2 is 2.12 bits per heavy atom. The molecule has 1 aliphatic carbocycles. The molecule has 12 heteroatoms. The fourth-order valence-corrected chi connectivity index (χ4v) is 2.77. The van der Waals surface area contributed by atoms with Gasteiger partial charge < -0.3 is 29.1 Å². The van der Waals surface area contributed by atoms with Crippen molar-refractivity contribution < 1.29 is 60.6 Å². The molecular formula is C12H14F2N4O4PY-. The molecule has 2 aromatic rings. The molecule has 1 fully saturated rings. The van der Waals surface area contributed by atoms with E-state index >= 15 is 0 Å². The molecule has 0 atom stereocenters. The molecule has 2 aromatic heterocycles. The van der Waals surface area contributed by atoms with Crippen molar-refractivity contribution in [2.75, 3.05) is 6.35 Å². The van der Waals surface area contributed by atoms with Gasteiger partial charge in [-0.05, 0) is 18.5 Å². The topological polar surface area (TPSA) is 110 Å². The van der Waals surface area contributed by atoms with Crippen LogP contribution < -0.4 is 0 Å². The molecule has 1 saturated carbocycles. The molecule has 8 nitrogen and oxygen atoms in total. The van der Waals surface area contributed by atoms with E-state index in [-0.39, 0.29) is 51.2 Å². The summed E-state index contributed by atoms with van der Waals surface area (Å²) < 4.78 is 46.0. The van der Waals surface area contributed by atoms with Crippen LogP contribution in [0.4, 0.5) is 8.78 Å². The van der Waals surface area contributed by atoms with Gasteiger partial charge in [-0.2, -0.15) is 0 Å². The molecule has 24 heavy (non-hydrogen) atoms. The first kappa shape index (κ1) is 19.9. The van der Waals surface area contributed by atoms with Crippen LogP contribution in [0.1, 0.15) is 18.5 Å². The van der Waals surface area contributed by atoms with E-state index in [4.69, 9.17) is 14.5 Å². The predicted octanol–water partition coefficient (Wildman–Crippen LogP) is 1.25. The number of ether oxygens (including phenoxy) is 1. The molecule has 0 amide bonds. The van der Waals surface area contributed by atoms with Crippen molar-refractivity contribution in [2.45, 2.75) is 37.8 Å². The maximum atomic E-state index is 14.6. The Bertz CT molecular complexity index is 792. The van der Waals surface area contributed by atoms with E-state index in [0.717, 1.165) is 0 Å². The zero-order chi connectivity index (χ0) is 16.9. The second kappa shape index (κ2) is 6.74. The largest absolute Gasteiger partial charge is 0.369 e. The van der Waals surface area contributed by atoms with Crippen molar-refractivity contribution in [1.82, 2.24) is 19.5 Å². The van der Waals surface area contributed by atoms with Crippen molar-refractivity contribution in [3.05, 3.63) is 18.3 Å². The Labute approximate surface area is 161 Å². The number of aryl methyl sites for hydroxylation is 1. The van der Waals surface area contributed by atoms with Crippen molar-refractivity contribution >= 4 is 18.8 Å². The van der Waals surface area contributed by atoms with Gasteiger partial charge >= 0.3 is 7.60 Å². The molecule has 3 rings (SSSR count). The van der Waals surface area contributed by atoms with Gasteiger partial charge in [-0.25, -0.2) is 8.78 Å². The average Bonchev–Trinajstić information content (AvgIpc) is 3.15. The van der Waals surface area contributed by atoms with Crippen molar-refractivity contribution in [3.63, 3.8) is 0 Å². The van der Waals surface area contributed by atoms with Crippen LogP contribution in [0.15, 0.2) is 6.33 Å². The Balaban J connectivity index is 0.00000208. The summed E-state index contributed by atoms with van der Waals surface area (Å²) in [6.07, 6.45) is 2.65. The third-order valence-electron chi connectivity index (χ3n) is 3.78. The number of hydrogen-bond donors (Lipinski definition) is 2. The third-order valence-corrected chi connectivity index (χ3v) is 4.24. The molecule has 1 radical (unpaired) electrons. The number of hydrogen-bond acceptors (Lipinski definition) is 5. The molecule has 129 valence electrons. The monoisotopic (exact) mass is 436 g/mol. The standard InChI is InChI=1S/C12H14F2N4O4P.Y/c1-8-9-10(16-5-15-8)18(6-17-9)4-12(13,14)11(2-3-11)22-7-23(19,20)21;/h6H,2-4,7H2,1H3,(H2,19,20,21);/q-1;. The molecule has 0 bridgehead atoms. The third kappa shape index (κ3) is 3.89. The molecule has 2 heterocycles. The van der Waals surface area contributed by atoms with Crippen LogP contribution in [0.2, 0.25) is 0 Å². The number of fused-ring (bicyclic) bond motifs is 1. The fraction of sp³-hybridized carbons (Fsp3) is 0.583. The molecular weight excluding hydrogens is 422 g/mol. The zero-order valence-corrected chi connectivity index (χ0v) is 16.4. The molecule has 2 N–H and O–H groups in total. The maximum absolute atomic E-state index is 14.6. The van der Waals surface area contributed by atoms with E-state index in [1.807, 2.05) is 0 Å². The Hall–Kier alpha value is -0.376. The first-order chi connectivity index (χ1) is 10.6. The van der Waals surface area contributed by atoms with Crippen LogP contribution in [0, 0.1) is 13.3 Å². The molecule has 0 spiro atoms. The van der Waals surface area contributed by atoms with E-state index < -0.39 is 32.0 Å². The van der Waals surface area contributed by atoms with Gasteiger partial charge in [-0.15, -0.1) is 0 Å². The summed E-state index contributed by atoms with van der Waals surface area (Å²) in [4.78, 5) is 29.3. The Kier molecular flexibility index (Phi) is 5.60. The van der Waals surface area contributed by atoms with E-state index in [9.17, 15) is 13.3 Å². The number of alkyl halides is 2. The van der Waals surface area contributed by atoms with Gasteiger partial charge in [-0.3, -0.25) is 9.55 Å². The van der Waals surface area contributed by atoms with Crippen molar-refractivity contribution in [3.8, 4) is 0 Å². The summed E-state index contributed by atoms with van der Waals surface area (Å²) >= 11 is 0. The van der Waals surface area contributed by atoms with E-state index in [2.05, 4.69) is 21.3 Å². The van der Waals surface area contributed by atoms with Crippen LogP contribution >= 0.6 is 7.60 Å². The van der Waals surface area contributed by atoms with E-state index in [1.165, 1.54) is 10.9 Å². The van der Waals surface area contributed by atoms with Crippen LogP contribution in [0.3, 0.4) is 0 Å². The zero-order valence-electron chi connectivity index (χ0n) is 12.7. The van der Waals surface area contributed by atoms with Gasteiger partial charge in [0.05, 0.1) is 12.9 Å². The summed E-state index contributed by atoms with van der Waals surface area (Å²) in [5, 5.41) is 0. The van der Waals surface area contributed by atoms with Gasteiger partial charge in [0.2, 0.25) is 0 Å². The first-order valence-electron chi connectivity index (χ1n) is 6.75. The molecule has 0 saturated heterocycles. The number of nitrogens with zero attached hydrogens (tertiary/aromatic N) is 4. The Morgan fingerprint density at radius 1 is 1.46 bits per heavy atom. The van der Waals surface area contributed by atoms with E-state index in [0.29, 0.717) is 11.2 Å².